The second-order valence-electron chi connectivity index (χ2n) is 6.54. The highest BCUT2D eigenvalue weighted by molar-refractivity contribution is 7.99. The van der Waals surface area contributed by atoms with Crippen LogP contribution in [0.3, 0.4) is 0 Å². The van der Waals surface area contributed by atoms with Crippen LogP contribution in [-0.4, -0.2) is 36.8 Å². The molecule has 0 radical (unpaired) electrons. The van der Waals surface area contributed by atoms with E-state index in [2.05, 4.69) is 9.97 Å². The average molecular weight is 418 g/mol. The van der Waals surface area contributed by atoms with E-state index < -0.39 is 23.0 Å². The van der Waals surface area contributed by atoms with Crippen molar-refractivity contribution >= 4 is 17.5 Å². The number of thioether (sulfide) groups is 1. The van der Waals surface area contributed by atoms with E-state index in [1.54, 1.807) is 0 Å². The highest BCUT2D eigenvalue weighted by atomic mass is 32.2. The molecule has 0 unspecified atom stereocenters. The quantitative estimate of drug-likeness (QED) is 0.203. The van der Waals surface area contributed by atoms with Crippen LogP contribution < -0.4 is 0 Å². The zero-order valence-corrected chi connectivity index (χ0v) is 16.6. The molecule has 1 heterocycles. The summed E-state index contributed by atoms with van der Waals surface area (Å²) >= 11 is 1.20. The maximum absolute atomic E-state index is 12.5. The van der Waals surface area contributed by atoms with Gasteiger partial charge in [-0.15, -0.1) is 0 Å². The van der Waals surface area contributed by atoms with Crippen molar-refractivity contribution < 1.29 is 20.1 Å². The van der Waals surface area contributed by atoms with Gasteiger partial charge in [-0.05, 0) is 12.1 Å². The number of H-pyrrole nitrogens is 1. The van der Waals surface area contributed by atoms with E-state index in [4.69, 9.17) is 0 Å². The molecule has 4 aromatic rings. The van der Waals surface area contributed by atoms with E-state index in [-0.39, 0.29) is 11.3 Å². The lowest BCUT2D eigenvalue weighted by molar-refractivity contribution is 0.101. The third-order valence-electron chi connectivity index (χ3n) is 4.56. The van der Waals surface area contributed by atoms with Gasteiger partial charge in [0, 0.05) is 11.1 Å². The van der Waals surface area contributed by atoms with Gasteiger partial charge in [0.05, 0.1) is 22.7 Å². The number of ketones is 1. The summed E-state index contributed by atoms with van der Waals surface area (Å²) in [6.45, 7) is 0. The topological polar surface area (TPSA) is 106 Å². The molecule has 4 N–H and O–H groups in total. The number of aromatic nitrogens is 2. The lowest BCUT2D eigenvalue weighted by Gasteiger charge is -2.06. The number of Topliss-reactive ketones (excluding diaryl/α,β-unsaturated/α-hetero) is 1. The number of aromatic amines is 1. The predicted molar refractivity (Wildman–Crippen MR) is 116 cm³/mol. The van der Waals surface area contributed by atoms with E-state index in [1.165, 1.54) is 23.9 Å². The van der Waals surface area contributed by atoms with Crippen LogP contribution in [0.1, 0.15) is 10.4 Å². The Hall–Kier alpha value is -3.71. The van der Waals surface area contributed by atoms with Crippen LogP contribution in [0.2, 0.25) is 0 Å². The molecule has 6 nitrogen and oxygen atoms in total. The summed E-state index contributed by atoms with van der Waals surface area (Å²) in [5.41, 5.74) is 3.50. The lowest BCUT2D eigenvalue weighted by Crippen LogP contribution is -2.03. The summed E-state index contributed by atoms with van der Waals surface area (Å²) in [6.07, 6.45) is 0. The Kier molecular flexibility index (Phi) is 5.45. The van der Waals surface area contributed by atoms with E-state index in [9.17, 15) is 20.1 Å². The Morgan fingerprint density at radius 3 is 2.13 bits per heavy atom. The van der Waals surface area contributed by atoms with Gasteiger partial charge in [-0.2, -0.15) is 0 Å². The minimum atomic E-state index is -0.707. The Morgan fingerprint density at radius 1 is 0.833 bits per heavy atom. The second-order valence-corrected chi connectivity index (χ2v) is 7.50. The number of hydrogen-bond donors (Lipinski definition) is 4. The number of carbonyl (C=O) groups excluding carboxylic acids is 1. The SMILES string of the molecule is O=C(CSc1nc(-c2ccccc2)c(-c2ccccc2)[nH]1)c1ccc(O)c(O)c1O. The molecule has 0 aliphatic rings. The first-order chi connectivity index (χ1) is 14.5. The van der Waals surface area contributed by atoms with Crippen LogP contribution in [0, 0.1) is 0 Å². The van der Waals surface area contributed by atoms with Gasteiger partial charge in [-0.3, -0.25) is 4.79 Å². The lowest BCUT2D eigenvalue weighted by atomic mass is 10.1. The first kappa shape index (κ1) is 19.6. The van der Waals surface area contributed by atoms with Gasteiger partial charge in [0.25, 0.3) is 0 Å². The van der Waals surface area contributed by atoms with Crippen molar-refractivity contribution in [2.75, 3.05) is 5.75 Å². The fraction of sp³-hybridized carbons (Fsp3) is 0.0435. The molecule has 4 rings (SSSR count). The molecular formula is C23H18N2O4S. The zero-order chi connectivity index (χ0) is 21.1. The highest BCUT2D eigenvalue weighted by Crippen LogP contribution is 2.38. The minimum absolute atomic E-state index is 0.00620. The third-order valence-corrected chi connectivity index (χ3v) is 5.44. The number of hydrogen-bond acceptors (Lipinski definition) is 6. The van der Waals surface area contributed by atoms with Gasteiger partial charge in [0.1, 0.15) is 0 Å². The summed E-state index contributed by atoms with van der Waals surface area (Å²) in [6, 6.07) is 22.0. The largest absolute Gasteiger partial charge is 0.504 e. The first-order valence-corrected chi connectivity index (χ1v) is 10.1. The first-order valence-electron chi connectivity index (χ1n) is 9.15. The third kappa shape index (κ3) is 3.88. The van der Waals surface area contributed by atoms with E-state index in [0.29, 0.717) is 5.16 Å². The summed E-state index contributed by atoms with van der Waals surface area (Å²) < 4.78 is 0. The number of carbonyl (C=O) groups is 1. The smallest absolute Gasteiger partial charge is 0.201 e. The van der Waals surface area contributed by atoms with Gasteiger partial charge in [0.15, 0.2) is 22.4 Å². The van der Waals surface area contributed by atoms with Crippen LogP contribution in [0.25, 0.3) is 22.5 Å². The monoisotopic (exact) mass is 418 g/mol. The molecule has 1 aromatic heterocycles. The van der Waals surface area contributed by atoms with Gasteiger partial charge in [0.2, 0.25) is 5.75 Å². The molecule has 0 atom stereocenters. The molecule has 7 heteroatoms. The number of nitrogens with zero attached hydrogens (tertiary/aromatic N) is 1. The minimum Gasteiger partial charge on any atom is -0.504 e. The fourth-order valence-electron chi connectivity index (χ4n) is 3.04. The summed E-state index contributed by atoms with van der Waals surface area (Å²) in [5, 5.41) is 29.5. The highest BCUT2D eigenvalue weighted by Gasteiger charge is 2.19. The molecule has 0 amide bonds. The van der Waals surface area contributed by atoms with Crippen LogP contribution in [0.5, 0.6) is 17.2 Å². The average Bonchev–Trinajstić information content (AvgIpc) is 3.21. The Labute approximate surface area is 176 Å². The van der Waals surface area contributed by atoms with Crippen molar-refractivity contribution in [1.82, 2.24) is 9.97 Å². The number of phenols is 3. The number of imidazole rings is 1. The normalized spacial score (nSPS) is 10.8. The number of benzene rings is 3. The standard InChI is InChI=1S/C23H18N2O4S/c26-17-12-11-16(21(28)22(17)29)18(27)13-30-23-24-19(14-7-3-1-4-8-14)20(25-23)15-9-5-2-6-10-15/h1-12,26,28-29H,13H2,(H,24,25). The number of phenolic OH excluding ortho intramolecular Hbond substituents is 3. The van der Waals surface area contributed by atoms with Crippen molar-refractivity contribution in [2.24, 2.45) is 0 Å². The van der Waals surface area contributed by atoms with Crippen molar-refractivity contribution in [2.45, 2.75) is 5.16 Å². The second kappa shape index (κ2) is 8.34. The fourth-order valence-corrected chi connectivity index (χ4v) is 3.80. The molecule has 0 bridgehead atoms. The summed E-state index contributed by atoms with van der Waals surface area (Å²) in [7, 11) is 0. The molecule has 150 valence electrons. The van der Waals surface area contributed by atoms with Crippen LogP contribution in [0.15, 0.2) is 78.0 Å². The molecule has 3 aromatic carbocycles. The van der Waals surface area contributed by atoms with Crippen LogP contribution in [0.4, 0.5) is 0 Å². The Balaban J connectivity index is 1.62. The summed E-state index contributed by atoms with van der Waals surface area (Å²) in [5.74, 6) is -2.22. The molecular weight excluding hydrogens is 400 g/mol. The molecule has 0 saturated heterocycles. The van der Waals surface area contributed by atoms with Gasteiger partial charge < -0.3 is 20.3 Å². The van der Waals surface area contributed by atoms with Crippen molar-refractivity contribution in [3.8, 4) is 39.8 Å². The van der Waals surface area contributed by atoms with Crippen molar-refractivity contribution in [1.29, 1.82) is 0 Å². The van der Waals surface area contributed by atoms with Gasteiger partial charge >= 0.3 is 0 Å². The molecule has 0 aliphatic heterocycles. The predicted octanol–water partition coefficient (Wildman–Crippen LogP) is 4.84. The number of nitrogens with one attached hydrogen (secondary N) is 1. The van der Waals surface area contributed by atoms with Crippen LogP contribution in [-0.2, 0) is 0 Å². The van der Waals surface area contributed by atoms with E-state index in [1.807, 2.05) is 60.7 Å². The molecule has 30 heavy (non-hydrogen) atoms. The van der Waals surface area contributed by atoms with Crippen molar-refractivity contribution in [3.63, 3.8) is 0 Å². The van der Waals surface area contributed by atoms with Crippen molar-refractivity contribution in [3.05, 3.63) is 78.4 Å². The molecule has 0 fully saturated rings. The Morgan fingerprint density at radius 2 is 1.47 bits per heavy atom. The van der Waals surface area contributed by atoms with E-state index in [0.717, 1.165) is 22.5 Å². The molecule has 0 aliphatic carbocycles. The number of aromatic hydroxyl groups is 3. The molecule has 0 saturated carbocycles. The molecule has 0 spiro atoms. The summed E-state index contributed by atoms with van der Waals surface area (Å²) in [4.78, 5) is 20.5. The van der Waals surface area contributed by atoms with Crippen LogP contribution >= 0.6 is 11.8 Å². The van der Waals surface area contributed by atoms with E-state index >= 15 is 0 Å². The maximum atomic E-state index is 12.5. The maximum Gasteiger partial charge on any atom is 0.201 e. The van der Waals surface area contributed by atoms with Gasteiger partial charge in [-0.1, -0.05) is 72.4 Å². The Bertz CT molecular complexity index is 1130. The van der Waals surface area contributed by atoms with Gasteiger partial charge in [-0.25, -0.2) is 4.98 Å². The number of rotatable bonds is 6. The zero-order valence-electron chi connectivity index (χ0n) is 15.7.